The van der Waals surface area contributed by atoms with Crippen LogP contribution in [-0.4, -0.2) is 96.9 Å². The van der Waals surface area contributed by atoms with Gasteiger partial charge < -0.3 is 14.7 Å². The minimum Gasteiger partial charge on any atom is -0.347 e. The van der Waals surface area contributed by atoms with E-state index in [0.29, 0.717) is 23.0 Å². The van der Waals surface area contributed by atoms with Crippen molar-refractivity contribution in [1.82, 2.24) is 19.6 Å². The van der Waals surface area contributed by atoms with E-state index in [0.717, 1.165) is 69.7 Å². The summed E-state index contributed by atoms with van der Waals surface area (Å²) in [5.74, 6) is 0.317. The normalized spacial score (nSPS) is 19.8. The van der Waals surface area contributed by atoms with Crippen LogP contribution >= 0.6 is 48.0 Å². The van der Waals surface area contributed by atoms with Gasteiger partial charge in [0.05, 0.1) is 22.0 Å². The number of rotatable bonds is 8. The number of aryl methyl sites for hydroxylation is 2. The number of nitrogens with zero attached hydrogens (tertiary/aromatic N) is 4. The average molecular weight is 675 g/mol. The van der Waals surface area contributed by atoms with Gasteiger partial charge in [-0.05, 0) is 76.8 Å². The quantitative estimate of drug-likeness (QED) is 0.324. The van der Waals surface area contributed by atoms with Crippen LogP contribution in [0.2, 0.25) is 10.0 Å². The molecule has 2 aliphatic heterocycles. The Labute approximate surface area is 280 Å². The number of carbonyl (C=O) groups excluding carboxylic acids is 2. The number of likely N-dealkylation sites (N-methyl/N-ethyl adjacent to an activating group) is 1. The molecule has 240 valence electrons. The molecule has 2 heterocycles. The summed E-state index contributed by atoms with van der Waals surface area (Å²) in [5.41, 5.74) is 3.90. The van der Waals surface area contributed by atoms with E-state index in [4.69, 9.17) is 23.2 Å². The Morgan fingerprint density at radius 1 is 0.907 bits per heavy atom. The van der Waals surface area contributed by atoms with Gasteiger partial charge in [0.2, 0.25) is 11.8 Å². The summed E-state index contributed by atoms with van der Waals surface area (Å²) in [7, 11) is 3.64. The van der Waals surface area contributed by atoms with Gasteiger partial charge in [-0.2, -0.15) is 0 Å². The van der Waals surface area contributed by atoms with Crippen molar-refractivity contribution in [3.63, 3.8) is 0 Å². The number of piperidine rings is 1. The minimum atomic E-state index is -0.517. The second kappa shape index (κ2) is 15.6. The maximum atomic E-state index is 13.6. The number of halogens is 4. The first-order valence-corrected chi connectivity index (χ1v) is 15.6. The van der Waals surface area contributed by atoms with Crippen LogP contribution in [0.15, 0.2) is 36.4 Å². The molecule has 1 unspecified atom stereocenters. The zero-order chi connectivity index (χ0) is 29.9. The Hall–Kier alpha value is -1.54. The molecule has 1 atom stereocenters. The van der Waals surface area contributed by atoms with Crippen molar-refractivity contribution in [2.45, 2.75) is 64.3 Å². The van der Waals surface area contributed by atoms with Crippen LogP contribution in [0.25, 0.3) is 0 Å². The van der Waals surface area contributed by atoms with Crippen molar-refractivity contribution in [2.24, 2.45) is 0 Å². The molecule has 0 spiro atoms. The smallest absolute Gasteiger partial charge is 0.242 e. The van der Waals surface area contributed by atoms with Gasteiger partial charge in [-0.1, -0.05) is 58.6 Å². The maximum Gasteiger partial charge on any atom is 0.242 e. The van der Waals surface area contributed by atoms with Crippen molar-refractivity contribution in [3.8, 4) is 0 Å². The lowest BCUT2D eigenvalue weighted by molar-refractivity contribution is -0.141. The van der Waals surface area contributed by atoms with Gasteiger partial charge in [-0.15, -0.1) is 24.8 Å². The van der Waals surface area contributed by atoms with Gasteiger partial charge in [0.25, 0.3) is 0 Å². The summed E-state index contributed by atoms with van der Waals surface area (Å²) >= 11 is 12.8. The van der Waals surface area contributed by atoms with Gasteiger partial charge >= 0.3 is 0 Å². The van der Waals surface area contributed by atoms with E-state index in [1.807, 2.05) is 40.1 Å². The van der Waals surface area contributed by atoms with Crippen LogP contribution in [0.4, 0.5) is 0 Å². The van der Waals surface area contributed by atoms with Gasteiger partial charge in [0, 0.05) is 58.8 Å². The number of amides is 2. The number of hydrogen-bond acceptors (Lipinski definition) is 4. The maximum absolute atomic E-state index is 13.6. The molecule has 0 N–H and O–H groups in total. The van der Waals surface area contributed by atoms with Gasteiger partial charge in [-0.3, -0.25) is 14.5 Å². The molecule has 10 heteroatoms. The number of benzene rings is 2. The zero-order valence-corrected chi connectivity index (χ0v) is 29.6. The number of likely N-dealkylation sites (tertiary alicyclic amines) is 1. The molecule has 0 aromatic heterocycles. The van der Waals surface area contributed by atoms with Crippen molar-refractivity contribution < 1.29 is 9.59 Å². The summed E-state index contributed by atoms with van der Waals surface area (Å²) in [6, 6.07) is 12.4. The molecule has 6 nitrogen and oxygen atoms in total. The highest BCUT2D eigenvalue weighted by Crippen LogP contribution is 2.40. The van der Waals surface area contributed by atoms with E-state index >= 15 is 0 Å². The van der Waals surface area contributed by atoms with Crippen LogP contribution in [-0.2, 0) is 21.4 Å². The molecule has 2 aromatic rings. The molecule has 43 heavy (non-hydrogen) atoms. The lowest BCUT2D eigenvalue weighted by Crippen LogP contribution is -2.60. The lowest BCUT2D eigenvalue weighted by atomic mass is 9.71. The molecule has 2 saturated heterocycles. The van der Waals surface area contributed by atoms with Gasteiger partial charge in [0.1, 0.15) is 0 Å². The van der Waals surface area contributed by atoms with Crippen LogP contribution < -0.4 is 0 Å². The molecule has 0 radical (unpaired) electrons. The van der Waals surface area contributed by atoms with Crippen LogP contribution in [0.1, 0.15) is 55.4 Å². The first-order chi connectivity index (χ1) is 19.3. The summed E-state index contributed by atoms with van der Waals surface area (Å²) in [4.78, 5) is 34.9. The van der Waals surface area contributed by atoms with Crippen molar-refractivity contribution in [1.29, 1.82) is 0 Å². The largest absolute Gasteiger partial charge is 0.347 e. The predicted octanol–water partition coefficient (Wildman–Crippen LogP) is 6.43. The van der Waals surface area contributed by atoms with E-state index in [2.05, 4.69) is 52.8 Å². The molecule has 2 amide bonds. The Morgan fingerprint density at radius 2 is 1.53 bits per heavy atom. The minimum absolute atomic E-state index is 0. The van der Waals surface area contributed by atoms with Crippen molar-refractivity contribution in [2.75, 3.05) is 59.9 Å². The molecule has 2 fully saturated rings. The molecular weight excluding hydrogens is 626 g/mol. The third kappa shape index (κ3) is 9.02. The van der Waals surface area contributed by atoms with Crippen LogP contribution in [0.3, 0.4) is 0 Å². The van der Waals surface area contributed by atoms with E-state index in [1.165, 1.54) is 11.1 Å². The first-order valence-electron chi connectivity index (χ1n) is 14.8. The molecule has 0 saturated carbocycles. The highest BCUT2D eigenvalue weighted by atomic mass is 35.5. The molecule has 0 bridgehead atoms. The number of carbonyl (C=O) groups is 2. The van der Waals surface area contributed by atoms with E-state index in [-0.39, 0.29) is 42.0 Å². The first kappa shape index (κ1) is 37.6. The average Bonchev–Trinajstić information content (AvgIpc) is 2.92. The van der Waals surface area contributed by atoms with Crippen molar-refractivity contribution >= 4 is 59.8 Å². The second-order valence-electron chi connectivity index (χ2n) is 12.8. The fourth-order valence-corrected chi connectivity index (χ4v) is 7.10. The number of piperazine rings is 1. The lowest BCUT2D eigenvalue weighted by Gasteiger charge is -2.46. The van der Waals surface area contributed by atoms with E-state index in [9.17, 15) is 9.59 Å². The molecule has 2 aromatic carbocycles. The topological polar surface area (TPSA) is 47.1 Å². The Bertz CT molecular complexity index is 1240. The highest BCUT2D eigenvalue weighted by Gasteiger charge is 2.41. The Kier molecular flexibility index (Phi) is 13.7. The van der Waals surface area contributed by atoms with Crippen LogP contribution in [0.5, 0.6) is 0 Å². The van der Waals surface area contributed by atoms with E-state index < -0.39 is 5.54 Å². The van der Waals surface area contributed by atoms with Gasteiger partial charge in [-0.25, -0.2) is 0 Å². The molecule has 0 aliphatic carbocycles. The molecule has 4 rings (SSSR count). The van der Waals surface area contributed by atoms with Crippen molar-refractivity contribution in [3.05, 3.63) is 68.7 Å². The standard InChI is InChI=1S/C33H46Cl2N4O2.2ClH/c1-24-18-25(2)20-26(19-24)21-30(40)38-12-7-10-33(23-38,27-8-9-28(34)29(35)22-27)11-13-37-14-16-39(17-15-37)32(3,4)31(41)36(5)6;;/h8-9,18-20,22H,7,10-17,21,23H2,1-6H3;2*1H. The predicted molar refractivity (Wildman–Crippen MR) is 183 cm³/mol. The zero-order valence-electron chi connectivity index (χ0n) is 26.4. The van der Waals surface area contributed by atoms with E-state index in [1.54, 1.807) is 4.90 Å². The highest BCUT2D eigenvalue weighted by molar-refractivity contribution is 6.42. The second-order valence-corrected chi connectivity index (χ2v) is 13.7. The monoisotopic (exact) mass is 672 g/mol. The summed E-state index contributed by atoms with van der Waals surface area (Å²) < 4.78 is 0. The Morgan fingerprint density at radius 3 is 2.12 bits per heavy atom. The number of hydrogen-bond donors (Lipinski definition) is 0. The summed E-state index contributed by atoms with van der Waals surface area (Å²) in [6.45, 7) is 14.1. The summed E-state index contributed by atoms with van der Waals surface area (Å²) in [6.07, 6.45) is 3.30. The fourth-order valence-electron chi connectivity index (χ4n) is 6.80. The van der Waals surface area contributed by atoms with Crippen LogP contribution in [0, 0.1) is 13.8 Å². The third-order valence-electron chi connectivity index (χ3n) is 9.10. The molecular formula is C33H48Cl4N4O2. The van der Waals surface area contributed by atoms with Gasteiger partial charge in [0.15, 0.2) is 0 Å². The third-order valence-corrected chi connectivity index (χ3v) is 9.84. The Balaban J connectivity index is 0.00000323. The SMILES string of the molecule is Cc1cc(C)cc(CC(=O)N2CCCC(CCN3CCN(C(C)(C)C(=O)N(C)C)CC3)(c3ccc(Cl)c(Cl)c3)C2)c1.Cl.Cl. The molecule has 2 aliphatic rings. The fraction of sp³-hybridized carbons (Fsp3) is 0.576. The summed E-state index contributed by atoms with van der Waals surface area (Å²) in [5, 5.41) is 1.11.